The van der Waals surface area contributed by atoms with Crippen molar-refractivity contribution in [1.29, 1.82) is 0 Å². The molecule has 1 amide bonds. The average Bonchev–Trinajstić information content (AvgIpc) is 3.38. The Kier molecular flexibility index (Phi) is 7.16. The third-order valence-corrected chi connectivity index (χ3v) is 6.61. The van der Waals surface area contributed by atoms with E-state index in [-0.39, 0.29) is 25.3 Å². The Morgan fingerprint density at radius 2 is 1.63 bits per heavy atom. The van der Waals surface area contributed by atoms with Crippen molar-refractivity contribution in [3.63, 3.8) is 0 Å². The van der Waals surface area contributed by atoms with Crippen LogP contribution in [0.25, 0.3) is 0 Å². The summed E-state index contributed by atoms with van der Waals surface area (Å²) in [7, 11) is 1.66. The minimum atomic E-state index is -0.0710. The van der Waals surface area contributed by atoms with Crippen LogP contribution in [0.3, 0.4) is 0 Å². The molecule has 2 heterocycles. The average molecular weight is 474 g/mol. The molecule has 5 rings (SSSR count). The summed E-state index contributed by atoms with van der Waals surface area (Å²) >= 11 is 0. The molecule has 0 aromatic heterocycles. The van der Waals surface area contributed by atoms with Crippen LogP contribution in [0.5, 0.6) is 17.2 Å². The largest absolute Gasteiger partial charge is 0.497 e. The summed E-state index contributed by atoms with van der Waals surface area (Å²) in [5.41, 5.74) is 3.42. The number of nitrogens with one attached hydrogen (secondary N) is 1. The molecule has 1 saturated heterocycles. The third kappa shape index (κ3) is 5.58. The summed E-state index contributed by atoms with van der Waals surface area (Å²) in [6.45, 7) is 4.56. The minimum absolute atomic E-state index is 0.0710. The van der Waals surface area contributed by atoms with Crippen molar-refractivity contribution in [3.8, 4) is 17.2 Å². The molecule has 1 N–H and O–H groups in total. The number of benzene rings is 3. The van der Waals surface area contributed by atoms with Crippen LogP contribution < -0.4 is 19.5 Å². The number of piperazine rings is 1. The van der Waals surface area contributed by atoms with Gasteiger partial charge < -0.3 is 19.1 Å². The van der Waals surface area contributed by atoms with Crippen LogP contribution in [-0.2, 0) is 11.3 Å². The van der Waals surface area contributed by atoms with Crippen molar-refractivity contribution in [2.45, 2.75) is 12.6 Å². The predicted molar refractivity (Wildman–Crippen MR) is 134 cm³/mol. The summed E-state index contributed by atoms with van der Waals surface area (Å²) in [5, 5.41) is 3.49. The number of hydrogen-bond acceptors (Lipinski definition) is 6. The Morgan fingerprint density at radius 3 is 2.37 bits per heavy atom. The molecule has 2 aliphatic heterocycles. The lowest BCUT2D eigenvalue weighted by molar-refractivity contribution is -0.132. The van der Waals surface area contributed by atoms with Crippen LogP contribution in [0.2, 0.25) is 0 Å². The second-order valence-corrected chi connectivity index (χ2v) is 8.84. The van der Waals surface area contributed by atoms with E-state index in [1.54, 1.807) is 7.11 Å². The lowest BCUT2D eigenvalue weighted by Gasteiger charge is -2.35. The molecule has 2 aliphatic rings. The highest BCUT2D eigenvalue weighted by atomic mass is 16.7. The Hall–Kier alpha value is -3.55. The Labute approximate surface area is 206 Å². The molecule has 35 heavy (non-hydrogen) atoms. The van der Waals surface area contributed by atoms with E-state index < -0.39 is 0 Å². The number of hydrogen-bond donors (Lipinski definition) is 1. The number of carbonyl (C=O) groups excluding carboxylic acids is 1. The molecule has 7 nitrogen and oxygen atoms in total. The van der Waals surface area contributed by atoms with Crippen LogP contribution in [0, 0.1) is 0 Å². The second kappa shape index (κ2) is 10.8. The number of carbonyl (C=O) groups is 1. The van der Waals surface area contributed by atoms with Crippen LogP contribution in [0.4, 0.5) is 0 Å². The van der Waals surface area contributed by atoms with Gasteiger partial charge in [0.1, 0.15) is 5.75 Å². The molecule has 1 unspecified atom stereocenters. The van der Waals surface area contributed by atoms with E-state index in [1.165, 1.54) is 5.56 Å². The zero-order chi connectivity index (χ0) is 24.0. The van der Waals surface area contributed by atoms with Crippen LogP contribution in [-0.4, -0.2) is 62.3 Å². The standard InChI is InChI=1S/C28H31N3O4/c1-33-24-10-8-23(9-11-24)28(22-5-3-2-4-6-22)29-18-27(32)31-15-13-30(14-16-31)19-21-7-12-25-26(17-21)35-20-34-25/h2-12,17,28-29H,13-16,18-20H2,1H3. The molecule has 7 heteroatoms. The van der Waals surface area contributed by atoms with Gasteiger partial charge in [-0.05, 0) is 41.0 Å². The van der Waals surface area contributed by atoms with E-state index in [1.807, 2.05) is 59.5 Å². The minimum Gasteiger partial charge on any atom is -0.497 e. The fourth-order valence-electron chi connectivity index (χ4n) is 4.62. The molecule has 0 saturated carbocycles. The fourth-order valence-corrected chi connectivity index (χ4v) is 4.62. The first-order chi connectivity index (χ1) is 17.2. The van der Waals surface area contributed by atoms with Gasteiger partial charge in [-0.25, -0.2) is 0 Å². The van der Waals surface area contributed by atoms with E-state index in [2.05, 4.69) is 28.4 Å². The Balaban J connectivity index is 1.16. The highest BCUT2D eigenvalue weighted by Crippen LogP contribution is 2.33. The number of rotatable bonds is 8. The highest BCUT2D eigenvalue weighted by molar-refractivity contribution is 5.78. The third-order valence-electron chi connectivity index (χ3n) is 6.61. The van der Waals surface area contributed by atoms with Crippen molar-refractivity contribution in [1.82, 2.24) is 15.1 Å². The molecule has 182 valence electrons. The number of methoxy groups -OCH3 is 1. The zero-order valence-electron chi connectivity index (χ0n) is 20.0. The maximum atomic E-state index is 13.1. The molecule has 0 spiro atoms. The van der Waals surface area contributed by atoms with Crippen LogP contribution in [0.1, 0.15) is 22.7 Å². The van der Waals surface area contributed by atoms with Gasteiger partial charge in [-0.15, -0.1) is 0 Å². The van der Waals surface area contributed by atoms with Gasteiger partial charge in [0.25, 0.3) is 0 Å². The van der Waals surface area contributed by atoms with Gasteiger partial charge in [0.15, 0.2) is 11.5 Å². The monoisotopic (exact) mass is 473 g/mol. The van der Waals surface area contributed by atoms with Crippen molar-refractivity contribution in [3.05, 3.63) is 89.5 Å². The van der Waals surface area contributed by atoms with Crippen LogP contribution in [0.15, 0.2) is 72.8 Å². The smallest absolute Gasteiger partial charge is 0.236 e. The first-order valence-electron chi connectivity index (χ1n) is 12.0. The van der Waals surface area contributed by atoms with Gasteiger partial charge in [0.2, 0.25) is 12.7 Å². The van der Waals surface area contributed by atoms with E-state index in [9.17, 15) is 4.79 Å². The Morgan fingerprint density at radius 1 is 0.914 bits per heavy atom. The lowest BCUT2D eigenvalue weighted by Crippen LogP contribution is -2.50. The van der Waals surface area contributed by atoms with Crippen LogP contribution >= 0.6 is 0 Å². The number of amides is 1. The van der Waals surface area contributed by atoms with E-state index in [4.69, 9.17) is 14.2 Å². The summed E-state index contributed by atoms with van der Waals surface area (Å²) in [4.78, 5) is 17.4. The second-order valence-electron chi connectivity index (χ2n) is 8.84. The molecular weight excluding hydrogens is 442 g/mol. The normalized spacial score (nSPS) is 16.2. The molecule has 0 bridgehead atoms. The SMILES string of the molecule is COc1ccc(C(NCC(=O)N2CCN(Cc3ccc4c(c3)OCO4)CC2)c2ccccc2)cc1. The summed E-state index contributed by atoms with van der Waals surface area (Å²) in [6, 6.07) is 24.2. The van der Waals surface area contributed by atoms with Crippen molar-refractivity contribution in [2.24, 2.45) is 0 Å². The quantitative estimate of drug-likeness (QED) is 0.541. The predicted octanol–water partition coefficient (Wildman–Crippen LogP) is 3.45. The molecule has 3 aromatic carbocycles. The topological polar surface area (TPSA) is 63.3 Å². The summed E-state index contributed by atoms with van der Waals surface area (Å²) in [5.74, 6) is 2.56. The lowest BCUT2D eigenvalue weighted by atomic mass is 9.98. The first kappa shape index (κ1) is 23.2. The fraction of sp³-hybridized carbons (Fsp3) is 0.321. The van der Waals surface area contributed by atoms with Crippen molar-refractivity contribution in [2.75, 3.05) is 46.6 Å². The van der Waals surface area contributed by atoms with E-state index in [0.717, 1.165) is 61.1 Å². The maximum Gasteiger partial charge on any atom is 0.236 e. The molecule has 3 aromatic rings. The van der Waals surface area contributed by atoms with E-state index >= 15 is 0 Å². The van der Waals surface area contributed by atoms with Crippen molar-refractivity contribution < 1.29 is 19.0 Å². The van der Waals surface area contributed by atoms with Gasteiger partial charge in [0, 0.05) is 32.7 Å². The molecule has 1 fully saturated rings. The van der Waals surface area contributed by atoms with Crippen molar-refractivity contribution >= 4 is 5.91 Å². The van der Waals surface area contributed by atoms with E-state index in [0.29, 0.717) is 0 Å². The van der Waals surface area contributed by atoms with Gasteiger partial charge in [-0.2, -0.15) is 0 Å². The Bertz CT molecular complexity index is 1130. The maximum absolute atomic E-state index is 13.1. The molecular formula is C28H31N3O4. The van der Waals surface area contributed by atoms with Gasteiger partial charge in [-0.3, -0.25) is 15.0 Å². The zero-order valence-corrected chi connectivity index (χ0v) is 20.0. The first-order valence-corrected chi connectivity index (χ1v) is 12.0. The molecule has 0 radical (unpaired) electrons. The molecule has 1 atom stereocenters. The summed E-state index contributed by atoms with van der Waals surface area (Å²) in [6.07, 6.45) is 0. The highest BCUT2D eigenvalue weighted by Gasteiger charge is 2.23. The number of ether oxygens (including phenoxy) is 3. The molecule has 0 aliphatic carbocycles. The summed E-state index contributed by atoms with van der Waals surface area (Å²) < 4.78 is 16.2. The number of fused-ring (bicyclic) bond motifs is 1. The number of nitrogens with zero attached hydrogens (tertiary/aromatic N) is 2. The van der Waals surface area contributed by atoms with Gasteiger partial charge in [-0.1, -0.05) is 48.5 Å². The van der Waals surface area contributed by atoms with Gasteiger partial charge in [0.05, 0.1) is 19.7 Å². The van der Waals surface area contributed by atoms with Gasteiger partial charge >= 0.3 is 0 Å².